The van der Waals surface area contributed by atoms with Gasteiger partial charge in [-0.3, -0.25) is 4.79 Å². The third-order valence-electron chi connectivity index (χ3n) is 6.23. The molecule has 3 atom stereocenters. The lowest BCUT2D eigenvalue weighted by Gasteiger charge is -2.45. The first kappa shape index (κ1) is 19.4. The fourth-order valence-electron chi connectivity index (χ4n) is 4.21. The van der Waals surface area contributed by atoms with Crippen molar-refractivity contribution in [3.63, 3.8) is 0 Å². The van der Waals surface area contributed by atoms with Crippen LogP contribution in [0, 0.1) is 11.8 Å². The average molecular weight is 367 g/mol. The summed E-state index contributed by atoms with van der Waals surface area (Å²) in [6, 6.07) is 17.4. The molecule has 0 aliphatic carbocycles. The largest absolute Gasteiger partial charge is 0.508 e. The van der Waals surface area contributed by atoms with Crippen LogP contribution < -0.4 is 0 Å². The lowest BCUT2D eigenvalue weighted by atomic mass is 9.68. The molecule has 0 spiro atoms. The molecule has 1 saturated heterocycles. The summed E-state index contributed by atoms with van der Waals surface area (Å²) < 4.78 is 0. The van der Waals surface area contributed by atoms with Gasteiger partial charge in [-0.25, -0.2) is 0 Å². The van der Waals surface area contributed by atoms with Crippen LogP contribution in [0.5, 0.6) is 5.75 Å². The summed E-state index contributed by atoms with van der Waals surface area (Å²) in [6.45, 7) is 6.79. The molecule has 0 amide bonds. The molecule has 144 valence electrons. The summed E-state index contributed by atoms with van der Waals surface area (Å²) in [5, 5.41) is 19.5. The number of piperidine rings is 1. The van der Waals surface area contributed by atoms with E-state index in [-0.39, 0.29) is 5.41 Å². The zero-order valence-corrected chi connectivity index (χ0v) is 16.1. The second-order valence-electron chi connectivity index (χ2n) is 8.10. The Morgan fingerprint density at radius 3 is 2.59 bits per heavy atom. The second-order valence-corrected chi connectivity index (χ2v) is 8.10. The second kappa shape index (κ2) is 8.13. The van der Waals surface area contributed by atoms with Crippen molar-refractivity contribution in [1.82, 2.24) is 4.90 Å². The minimum atomic E-state index is -0.729. The molecule has 0 aromatic heterocycles. The summed E-state index contributed by atoms with van der Waals surface area (Å²) in [5.41, 5.74) is 2.22. The molecule has 1 aliphatic heterocycles. The SMILES string of the molecule is C[C@H]1CN(C[C@@H](Cc2ccccc2)C(=O)O)CC[C@]1(C)c1cccc(O)c1. The van der Waals surface area contributed by atoms with E-state index in [0.717, 1.165) is 30.6 Å². The van der Waals surface area contributed by atoms with Crippen molar-refractivity contribution in [2.75, 3.05) is 19.6 Å². The molecule has 3 rings (SSSR count). The minimum Gasteiger partial charge on any atom is -0.508 e. The molecule has 0 bridgehead atoms. The Hall–Kier alpha value is -2.33. The van der Waals surface area contributed by atoms with E-state index in [2.05, 4.69) is 24.8 Å². The normalized spacial score (nSPS) is 24.4. The molecule has 4 nitrogen and oxygen atoms in total. The lowest BCUT2D eigenvalue weighted by Crippen LogP contribution is -2.49. The molecule has 2 N–H and O–H groups in total. The van der Waals surface area contributed by atoms with E-state index in [9.17, 15) is 15.0 Å². The quantitative estimate of drug-likeness (QED) is 0.812. The van der Waals surface area contributed by atoms with Crippen molar-refractivity contribution in [3.05, 3.63) is 65.7 Å². The van der Waals surface area contributed by atoms with Crippen molar-refractivity contribution >= 4 is 5.97 Å². The van der Waals surface area contributed by atoms with Crippen LogP contribution in [-0.2, 0) is 16.6 Å². The fraction of sp³-hybridized carbons (Fsp3) is 0.435. The number of nitrogens with zero attached hydrogens (tertiary/aromatic N) is 1. The summed E-state index contributed by atoms with van der Waals surface area (Å²) in [5.74, 6) is -0.450. The van der Waals surface area contributed by atoms with Crippen LogP contribution in [0.1, 0.15) is 31.4 Å². The number of carboxylic acid groups (broad SMARTS) is 1. The van der Waals surface area contributed by atoms with Gasteiger partial charge in [0.1, 0.15) is 5.75 Å². The number of likely N-dealkylation sites (tertiary alicyclic amines) is 1. The van der Waals surface area contributed by atoms with Crippen molar-refractivity contribution in [2.24, 2.45) is 11.8 Å². The Kier molecular flexibility index (Phi) is 5.85. The summed E-state index contributed by atoms with van der Waals surface area (Å²) in [6.07, 6.45) is 1.51. The van der Waals surface area contributed by atoms with Crippen LogP contribution in [0.25, 0.3) is 0 Å². The van der Waals surface area contributed by atoms with Gasteiger partial charge in [-0.1, -0.05) is 56.3 Å². The Morgan fingerprint density at radius 2 is 1.96 bits per heavy atom. The number of hydrogen-bond donors (Lipinski definition) is 2. The molecule has 1 aliphatic rings. The Bertz CT molecular complexity index is 776. The van der Waals surface area contributed by atoms with Gasteiger partial charge >= 0.3 is 5.97 Å². The van der Waals surface area contributed by atoms with E-state index in [0.29, 0.717) is 24.6 Å². The maximum atomic E-state index is 11.8. The molecular formula is C23H29NO3. The van der Waals surface area contributed by atoms with Gasteiger partial charge in [-0.2, -0.15) is 0 Å². The molecule has 27 heavy (non-hydrogen) atoms. The van der Waals surface area contributed by atoms with Crippen molar-refractivity contribution < 1.29 is 15.0 Å². The maximum Gasteiger partial charge on any atom is 0.308 e. The van der Waals surface area contributed by atoms with Crippen LogP contribution in [0.15, 0.2) is 54.6 Å². The van der Waals surface area contributed by atoms with Crippen molar-refractivity contribution in [3.8, 4) is 5.75 Å². The molecule has 0 unspecified atom stereocenters. The number of phenolic OH excluding ortho intramolecular Hbond substituents is 1. The average Bonchev–Trinajstić information content (AvgIpc) is 2.65. The summed E-state index contributed by atoms with van der Waals surface area (Å²) in [7, 11) is 0. The van der Waals surface area contributed by atoms with Crippen LogP contribution in [0.4, 0.5) is 0 Å². The molecule has 2 aromatic rings. The predicted octanol–water partition coefficient (Wildman–Crippen LogP) is 3.94. The number of aromatic hydroxyl groups is 1. The lowest BCUT2D eigenvalue weighted by molar-refractivity contribution is -0.142. The van der Waals surface area contributed by atoms with Crippen LogP contribution in [-0.4, -0.2) is 40.7 Å². The Morgan fingerprint density at radius 1 is 1.22 bits per heavy atom. The smallest absolute Gasteiger partial charge is 0.308 e. The zero-order chi connectivity index (χ0) is 19.4. The molecule has 2 aromatic carbocycles. The zero-order valence-electron chi connectivity index (χ0n) is 16.1. The highest BCUT2D eigenvalue weighted by Crippen LogP contribution is 2.40. The van der Waals surface area contributed by atoms with Crippen molar-refractivity contribution in [2.45, 2.75) is 32.1 Å². The van der Waals surface area contributed by atoms with Gasteiger partial charge in [-0.15, -0.1) is 0 Å². The first-order valence-electron chi connectivity index (χ1n) is 9.67. The fourth-order valence-corrected chi connectivity index (χ4v) is 4.21. The van der Waals surface area contributed by atoms with Crippen LogP contribution in [0.3, 0.4) is 0 Å². The third-order valence-corrected chi connectivity index (χ3v) is 6.23. The van der Waals surface area contributed by atoms with E-state index < -0.39 is 11.9 Å². The molecule has 0 saturated carbocycles. The van der Waals surface area contributed by atoms with Gasteiger partial charge in [0.2, 0.25) is 0 Å². The van der Waals surface area contributed by atoms with E-state index in [1.54, 1.807) is 6.07 Å². The van der Waals surface area contributed by atoms with Gasteiger partial charge in [-0.05, 0) is 54.0 Å². The third kappa shape index (κ3) is 4.51. The number of phenols is 1. The van der Waals surface area contributed by atoms with Gasteiger partial charge in [0.25, 0.3) is 0 Å². The summed E-state index contributed by atoms with van der Waals surface area (Å²) in [4.78, 5) is 14.1. The number of carboxylic acids is 1. The Labute approximate surface area is 161 Å². The minimum absolute atomic E-state index is 0.00656. The van der Waals surface area contributed by atoms with E-state index >= 15 is 0 Å². The predicted molar refractivity (Wildman–Crippen MR) is 107 cm³/mol. The first-order chi connectivity index (χ1) is 12.9. The van der Waals surface area contributed by atoms with Gasteiger partial charge in [0.05, 0.1) is 5.92 Å². The number of rotatable bonds is 6. The van der Waals surface area contributed by atoms with E-state index in [1.165, 1.54) is 0 Å². The number of aliphatic carboxylic acids is 1. The molecular weight excluding hydrogens is 338 g/mol. The van der Waals surface area contributed by atoms with Gasteiger partial charge in [0.15, 0.2) is 0 Å². The molecule has 1 heterocycles. The number of benzene rings is 2. The number of carbonyl (C=O) groups is 1. The van der Waals surface area contributed by atoms with E-state index in [4.69, 9.17) is 0 Å². The highest BCUT2D eigenvalue weighted by Gasteiger charge is 2.39. The topological polar surface area (TPSA) is 60.8 Å². The monoisotopic (exact) mass is 367 g/mol. The van der Waals surface area contributed by atoms with Crippen LogP contribution >= 0.6 is 0 Å². The highest BCUT2D eigenvalue weighted by atomic mass is 16.4. The maximum absolute atomic E-state index is 11.8. The summed E-state index contributed by atoms with van der Waals surface area (Å²) >= 11 is 0. The molecule has 4 heteroatoms. The van der Waals surface area contributed by atoms with Crippen LogP contribution in [0.2, 0.25) is 0 Å². The van der Waals surface area contributed by atoms with Gasteiger partial charge in [0, 0.05) is 13.1 Å². The standard InChI is InChI=1S/C23H29NO3/c1-17-15-24(12-11-23(17,2)20-9-6-10-21(25)14-20)16-19(22(26)27)13-18-7-4-3-5-8-18/h3-10,14,17,19,25H,11-13,15-16H2,1-2H3,(H,26,27)/t17-,19+,23-/m0/s1. The molecule has 0 radical (unpaired) electrons. The van der Waals surface area contributed by atoms with Crippen molar-refractivity contribution in [1.29, 1.82) is 0 Å². The molecule has 1 fully saturated rings. The number of hydrogen-bond acceptors (Lipinski definition) is 3. The van der Waals surface area contributed by atoms with Gasteiger partial charge < -0.3 is 15.1 Å². The first-order valence-corrected chi connectivity index (χ1v) is 9.67. The Balaban J connectivity index is 1.67. The van der Waals surface area contributed by atoms with E-state index in [1.807, 2.05) is 42.5 Å². The highest BCUT2D eigenvalue weighted by molar-refractivity contribution is 5.70.